The molecule has 5 aromatic rings. The van der Waals surface area contributed by atoms with Crippen molar-refractivity contribution in [2.45, 2.75) is 24.9 Å². The van der Waals surface area contributed by atoms with Crippen molar-refractivity contribution < 1.29 is 23.0 Å². The standard InChI is InChI=1S/C36H28F2O3/c1-35(2)32-27(17-23(37)18-28(32)38)31-25-19-29(39-3)30(40-4)20-26(25)34-24(33(31)35)15-16-36(41-34,21-11-7-5-8-12-21)22-13-9-6-10-14-22/h5-20H,1-4H3. The molecule has 2 aliphatic rings. The summed E-state index contributed by atoms with van der Waals surface area (Å²) in [4.78, 5) is 0. The first-order valence-corrected chi connectivity index (χ1v) is 13.6. The third-order valence-corrected chi connectivity index (χ3v) is 8.53. The first kappa shape index (κ1) is 25.3. The van der Waals surface area contributed by atoms with Gasteiger partial charge >= 0.3 is 0 Å². The van der Waals surface area contributed by atoms with Gasteiger partial charge in [0.2, 0.25) is 0 Å². The molecule has 5 aromatic carbocycles. The molecule has 7 rings (SSSR count). The van der Waals surface area contributed by atoms with Gasteiger partial charge in [-0.25, -0.2) is 8.78 Å². The zero-order chi connectivity index (χ0) is 28.5. The Morgan fingerprint density at radius 2 is 1.29 bits per heavy atom. The van der Waals surface area contributed by atoms with Crippen LogP contribution in [0.4, 0.5) is 8.78 Å². The normalized spacial score (nSPS) is 15.6. The third kappa shape index (κ3) is 3.48. The van der Waals surface area contributed by atoms with Gasteiger partial charge in [-0.3, -0.25) is 0 Å². The molecule has 1 aliphatic heterocycles. The second kappa shape index (κ2) is 8.93. The van der Waals surface area contributed by atoms with Crippen LogP contribution in [0.15, 0.2) is 91.0 Å². The lowest BCUT2D eigenvalue weighted by Gasteiger charge is -2.38. The fourth-order valence-corrected chi connectivity index (χ4v) is 6.77. The molecule has 0 atom stereocenters. The molecule has 0 fully saturated rings. The summed E-state index contributed by atoms with van der Waals surface area (Å²) >= 11 is 0. The molecule has 0 saturated carbocycles. The van der Waals surface area contributed by atoms with E-state index in [4.69, 9.17) is 14.2 Å². The summed E-state index contributed by atoms with van der Waals surface area (Å²) in [6, 6.07) is 26.4. The number of halogens is 2. The number of hydrogen-bond acceptors (Lipinski definition) is 3. The molecular weight excluding hydrogens is 518 g/mol. The minimum Gasteiger partial charge on any atom is -0.493 e. The minimum absolute atomic E-state index is 0.467. The average Bonchev–Trinajstić information content (AvgIpc) is 3.23. The van der Waals surface area contributed by atoms with Crippen molar-refractivity contribution in [1.29, 1.82) is 0 Å². The number of hydrogen-bond donors (Lipinski definition) is 0. The highest BCUT2D eigenvalue weighted by atomic mass is 19.1. The van der Waals surface area contributed by atoms with E-state index in [2.05, 4.69) is 36.4 Å². The highest BCUT2D eigenvalue weighted by Gasteiger charge is 2.45. The van der Waals surface area contributed by atoms with Crippen LogP contribution in [-0.4, -0.2) is 14.2 Å². The van der Waals surface area contributed by atoms with Crippen LogP contribution >= 0.6 is 0 Å². The van der Waals surface area contributed by atoms with Gasteiger partial charge < -0.3 is 14.2 Å². The lowest BCUT2D eigenvalue weighted by Crippen LogP contribution is -2.35. The lowest BCUT2D eigenvalue weighted by molar-refractivity contribution is 0.163. The summed E-state index contributed by atoms with van der Waals surface area (Å²) in [7, 11) is 3.17. The van der Waals surface area contributed by atoms with Crippen molar-refractivity contribution >= 4 is 16.8 Å². The van der Waals surface area contributed by atoms with E-state index in [1.54, 1.807) is 14.2 Å². The Morgan fingerprint density at radius 3 is 1.88 bits per heavy atom. The maximum atomic E-state index is 15.5. The van der Waals surface area contributed by atoms with E-state index >= 15 is 4.39 Å². The largest absolute Gasteiger partial charge is 0.493 e. The summed E-state index contributed by atoms with van der Waals surface area (Å²) in [5.74, 6) is 0.529. The van der Waals surface area contributed by atoms with Gasteiger partial charge in [0.25, 0.3) is 0 Å². The van der Waals surface area contributed by atoms with Crippen LogP contribution in [0.1, 0.15) is 41.7 Å². The Hall–Kier alpha value is -4.64. The lowest BCUT2D eigenvalue weighted by atomic mass is 9.76. The molecule has 0 unspecified atom stereocenters. The summed E-state index contributed by atoms with van der Waals surface area (Å²) in [5.41, 5.74) is 3.77. The van der Waals surface area contributed by atoms with Gasteiger partial charge in [0, 0.05) is 39.1 Å². The van der Waals surface area contributed by atoms with Gasteiger partial charge in [0.15, 0.2) is 17.1 Å². The van der Waals surface area contributed by atoms with E-state index in [-0.39, 0.29) is 0 Å². The summed E-state index contributed by atoms with van der Waals surface area (Å²) in [6.45, 7) is 3.96. The topological polar surface area (TPSA) is 27.7 Å². The second-order valence-electron chi connectivity index (χ2n) is 11.1. The van der Waals surface area contributed by atoms with Crippen molar-refractivity contribution in [2.24, 2.45) is 0 Å². The Bertz CT molecular complexity index is 1840. The van der Waals surface area contributed by atoms with Crippen LogP contribution in [-0.2, 0) is 11.0 Å². The molecule has 3 nitrogen and oxygen atoms in total. The first-order chi connectivity index (χ1) is 19.8. The van der Waals surface area contributed by atoms with E-state index in [0.29, 0.717) is 28.4 Å². The van der Waals surface area contributed by atoms with E-state index in [1.807, 2.05) is 62.4 Å². The molecule has 5 heteroatoms. The maximum Gasteiger partial charge on any atom is 0.178 e. The molecule has 0 aromatic heterocycles. The summed E-state index contributed by atoms with van der Waals surface area (Å²) < 4.78 is 48.9. The van der Waals surface area contributed by atoms with Gasteiger partial charge in [0.1, 0.15) is 17.4 Å². The Morgan fingerprint density at radius 1 is 0.707 bits per heavy atom. The monoisotopic (exact) mass is 546 g/mol. The van der Waals surface area contributed by atoms with Gasteiger partial charge in [-0.15, -0.1) is 0 Å². The zero-order valence-corrected chi connectivity index (χ0v) is 23.2. The Balaban J connectivity index is 1.63. The Kier molecular flexibility index (Phi) is 5.52. The number of ether oxygens (including phenoxy) is 3. The molecule has 0 N–H and O–H groups in total. The maximum absolute atomic E-state index is 15.5. The summed E-state index contributed by atoms with van der Waals surface area (Å²) in [6.07, 6.45) is 4.15. The average molecular weight is 547 g/mol. The van der Waals surface area contributed by atoms with Crippen LogP contribution in [0.3, 0.4) is 0 Å². The molecule has 1 aliphatic carbocycles. The third-order valence-electron chi connectivity index (χ3n) is 8.53. The van der Waals surface area contributed by atoms with Gasteiger partial charge in [-0.2, -0.15) is 0 Å². The number of methoxy groups -OCH3 is 2. The molecule has 0 amide bonds. The predicted molar refractivity (Wildman–Crippen MR) is 158 cm³/mol. The molecule has 204 valence electrons. The van der Waals surface area contributed by atoms with E-state index in [0.717, 1.165) is 44.7 Å². The predicted octanol–water partition coefficient (Wildman–Crippen LogP) is 8.79. The van der Waals surface area contributed by atoms with Crippen LogP contribution in [0, 0.1) is 11.6 Å². The van der Waals surface area contributed by atoms with Gasteiger partial charge in [-0.05, 0) is 46.4 Å². The smallest absolute Gasteiger partial charge is 0.178 e. The first-order valence-electron chi connectivity index (χ1n) is 13.6. The Labute approximate surface area is 237 Å². The van der Waals surface area contributed by atoms with E-state index < -0.39 is 22.7 Å². The fraction of sp³-hybridized carbons (Fsp3) is 0.167. The molecule has 1 heterocycles. The second-order valence-corrected chi connectivity index (χ2v) is 11.1. The fourth-order valence-electron chi connectivity index (χ4n) is 6.77. The van der Waals surface area contributed by atoms with Crippen LogP contribution in [0.25, 0.3) is 28.0 Å². The van der Waals surface area contributed by atoms with E-state index in [1.165, 1.54) is 6.07 Å². The van der Waals surface area contributed by atoms with Crippen molar-refractivity contribution in [3.8, 4) is 28.4 Å². The van der Waals surface area contributed by atoms with Crippen LogP contribution < -0.4 is 14.2 Å². The molecule has 0 bridgehead atoms. The van der Waals surface area contributed by atoms with Crippen LogP contribution in [0.2, 0.25) is 0 Å². The van der Waals surface area contributed by atoms with Gasteiger partial charge in [-0.1, -0.05) is 80.6 Å². The number of rotatable bonds is 4. The van der Waals surface area contributed by atoms with Crippen molar-refractivity contribution in [3.05, 3.63) is 130 Å². The number of fused-ring (bicyclic) bond motifs is 8. The molecular formula is C36H28F2O3. The molecule has 41 heavy (non-hydrogen) atoms. The van der Waals surface area contributed by atoms with Crippen molar-refractivity contribution in [1.82, 2.24) is 0 Å². The van der Waals surface area contributed by atoms with Crippen molar-refractivity contribution in [2.75, 3.05) is 14.2 Å². The molecule has 0 spiro atoms. The molecule has 0 saturated heterocycles. The highest BCUT2D eigenvalue weighted by Crippen LogP contribution is 2.59. The van der Waals surface area contributed by atoms with Crippen LogP contribution in [0.5, 0.6) is 17.2 Å². The van der Waals surface area contributed by atoms with Crippen molar-refractivity contribution in [3.63, 3.8) is 0 Å². The summed E-state index contributed by atoms with van der Waals surface area (Å²) in [5, 5.41) is 1.55. The number of benzene rings is 5. The molecule has 0 radical (unpaired) electrons. The minimum atomic E-state index is -0.920. The van der Waals surface area contributed by atoms with Gasteiger partial charge in [0.05, 0.1) is 14.2 Å². The quantitative estimate of drug-likeness (QED) is 0.225. The van der Waals surface area contributed by atoms with E-state index in [9.17, 15) is 4.39 Å². The SMILES string of the molecule is COc1cc2c3c(c4c(c2cc1OC)-c1cc(F)cc(F)c1C4(C)C)C=CC(c1ccccc1)(c1ccccc1)O3. The zero-order valence-electron chi connectivity index (χ0n) is 23.2. The highest BCUT2D eigenvalue weighted by molar-refractivity contribution is 6.09.